The average Bonchev–Trinajstić information content (AvgIpc) is 3.18. The van der Waals surface area contributed by atoms with Gasteiger partial charge in [-0.15, -0.1) is 0 Å². The quantitative estimate of drug-likeness (QED) is 0.311. The highest BCUT2D eigenvalue weighted by molar-refractivity contribution is 6.34. The number of nitrogens with zero attached hydrogens (tertiary/aromatic N) is 6. The molecule has 0 bridgehead atoms. The van der Waals surface area contributed by atoms with Crippen LogP contribution in [0.3, 0.4) is 0 Å². The number of methoxy groups -OCH3 is 1. The number of piperidine rings is 1. The Hall–Kier alpha value is -3.69. The second kappa shape index (κ2) is 11.5. The molecule has 11 nitrogen and oxygen atoms in total. The zero-order chi connectivity index (χ0) is 32.4. The molecule has 1 atom stereocenters. The summed E-state index contributed by atoms with van der Waals surface area (Å²) in [5, 5.41) is 8.44. The average molecular weight is 665 g/mol. The molecule has 3 N–H and O–H groups in total. The van der Waals surface area contributed by atoms with E-state index in [0.29, 0.717) is 55.4 Å². The van der Waals surface area contributed by atoms with E-state index in [4.69, 9.17) is 26.8 Å². The lowest BCUT2D eigenvalue weighted by Crippen LogP contribution is -2.71. The molecule has 1 amide bonds. The molecule has 46 heavy (non-hydrogen) atoms. The van der Waals surface area contributed by atoms with Crippen molar-refractivity contribution in [1.29, 1.82) is 0 Å². The number of hydrogen-bond acceptors (Lipinski definition) is 9. The van der Waals surface area contributed by atoms with Crippen LogP contribution >= 0.6 is 11.6 Å². The van der Waals surface area contributed by atoms with E-state index in [9.17, 15) is 18.0 Å². The van der Waals surface area contributed by atoms with Gasteiger partial charge >= 0.3 is 12.2 Å². The normalized spacial score (nSPS) is 21.0. The molecule has 2 saturated heterocycles. The van der Waals surface area contributed by atoms with Crippen LogP contribution in [-0.4, -0.2) is 69.4 Å². The van der Waals surface area contributed by atoms with E-state index >= 15 is 4.39 Å². The number of carbonyl (C=O) groups is 1. The summed E-state index contributed by atoms with van der Waals surface area (Å²) in [5.41, 5.74) is 5.18. The van der Waals surface area contributed by atoms with Crippen LogP contribution < -0.4 is 20.7 Å². The standard InChI is InChI=1S/C30H33ClF4N8O3/c1-45-28-38-19-11-21(22-17(30(33,34)35)5-6-18(36)24(22)32)46-13-16(19)26(39-28)41-9-4-10-43-20(12-41)23(31)25(40-43)27(44)42-14-29(15-42)7-2-3-8-37-29/h5-6,21,37H,2-4,7-15,36H2,1H3. The van der Waals surface area contributed by atoms with Crippen LogP contribution in [0.4, 0.5) is 29.1 Å². The molecular weight excluding hydrogens is 632 g/mol. The van der Waals surface area contributed by atoms with E-state index in [1.54, 1.807) is 9.58 Å². The summed E-state index contributed by atoms with van der Waals surface area (Å²) in [6, 6.07) is 1.65. The number of aromatic nitrogens is 4. The summed E-state index contributed by atoms with van der Waals surface area (Å²) in [4.78, 5) is 26.2. The SMILES string of the molecule is COc1nc2c(c(N3CCCn4nc(C(=O)N5CC6(CCCCN6)C5)c(Cl)c4C3)n1)COC(c1c(C(F)(F)F)ccc(N)c1F)C2. The smallest absolute Gasteiger partial charge is 0.416 e. The van der Waals surface area contributed by atoms with Gasteiger partial charge in [0.15, 0.2) is 11.5 Å². The Morgan fingerprint density at radius 2 is 2.00 bits per heavy atom. The lowest BCUT2D eigenvalue weighted by atomic mass is 9.81. The molecule has 2 fully saturated rings. The van der Waals surface area contributed by atoms with Gasteiger partial charge in [0, 0.05) is 43.7 Å². The van der Waals surface area contributed by atoms with Crippen LogP contribution in [0.25, 0.3) is 0 Å². The van der Waals surface area contributed by atoms with Gasteiger partial charge in [0.05, 0.1) is 59.6 Å². The third kappa shape index (κ3) is 5.31. The fourth-order valence-electron chi connectivity index (χ4n) is 7.02. The maximum atomic E-state index is 15.1. The highest BCUT2D eigenvalue weighted by Crippen LogP contribution is 2.43. The Bertz CT molecular complexity index is 1690. The van der Waals surface area contributed by atoms with E-state index in [0.717, 1.165) is 37.9 Å². The molecule has 2 aromatic heterocycles. The molecule has 1 aromatic carbocycles. The minimum absolute atomic E-state index is 0.00115. The number of nitrogens with two attached hydrogens (primary N) is 1. The number of hydrogen-bond donors (Lipinski definition) is 2. The lowest BCUT2D eigenvalue weighted by molar-refractivity contribution is -0.140. The molecule has 3 aromatic rings. The molecule has 246 valence electrons. The molecular formula is C30H33ClF4N8O3. The molecule has 6 heterocycles. The molecule has 4 aliphatic heterocycles. The number of anilines is 2. The number of nitrogens with one attached hydrogen (secondary N) is 1. The Kier molecular flexibility index (Phi) is 7.75. The third-order valence-corrected chi connectivity index (χ3v) is 9.77. The van der Waals surface area contributed by atoms with Gasteiger partial charge in [-0.3, -0.25) is 9.48 Å². The van der Waals surface area contributed by atoms with Crippen molar-refractivity contribution in [3.8, 4) is 6.01 Å². The first-order valence-corrected chi connectivity index (χ1v) is 15.6. The summed E-state index contributed by atoms with van der Waals surface area (Å²) >= 11 is 6.84. The van der Waals surface area contributed by atoms with Crippen molar-refractivity contribution < 1.29 is 31.8 Å². The summed E-state index contributed by atoms with van der Waals surface area (Å²) in [5.74, 6) is -0.924. The Morgan fingerprint density at radius 3 is 2.72 bits per heavy atom. The summed E-state index contributed by atoms with van der Waals surface area (Å²) in [6.07, 6.45) is -2.32. The van der Waals surface area contributed by atoms with Crippen LogP contribution in [0.15, 0.2) is 12.1 Å². The number of amides is 1. The van der Waals surface area contributed by atoms with Gasteiger partial charge in [-0.2, -0.15) is 28.2 Å². The third-order valence-electron chi connectivity index (χ3n) is 9.37. The number of benzene rings is 1. The van der Waals surface area contributed by atoms with Gasteiger partial charge in [-0.05, 0) is 37.9 Å². The molecule has 16 heteroatoms. The maximum absolute atomic E-state index is 15.1. The minimum Gasteiger partial charge on any atom is -0.467 e. The monoisotopic (exact) mass is 664 g/mol. The highest BCUT2D eigenvalue weighted by Gasteiger charge is 2.47. The summed E-state index contributed by atoms with van der Waals surface area (Å²) in [7, 11) is 1.39. The first-order valence-electron chi connectivity index (χ1n) is 15.2. The second-order valence-corrected chi connectivity index (χ2v) is 12.7. The van der Waals surface area contributed by atoms with E-state index in [2.05, 4.69) is 20.4 Å². The van der Waals surface area contributed by atoms with Crippen LogP contribution in [0.5, 0.6) is 6.01 Å². The predicted octanol–water partition coefficient (Wildman–Crippen LogP) is 4.27. The first-order chi connectivity index (χ1) is 22.0. The first kappa shape index (κ1) is 30.9. The van der Waals surface area contributed by atoms with Gasteiger partial charge in [-0.1, -0.05) is 18.0 Å². The van der Waals surface area contributed by atoms with Crippen molar-refractivity contribution in [2.75, 3.05) is 43.9 Å². The largest absolute Gasteiger partial charge is 0.467 e. The van der Waals surface area contributed by atoms with Crippen LogP contribution in [0.1, 0.15) is 70.4 Å². The van der Waals surface area contributed by atoms with Crippen molar-refractivity contribution in [1.82, 2.24) is 30.0 Å². The highest BCUT2D eigenvalue weighted by atomic mass is 35.5. The summed E-state index contributed by atoms with van der Waals surface area (Å²) < 4.78 is 69.7. The Morgan fingerprint density at radius 1 is 1.20 bits per heavy atom. The molecule has 0 saturated carbocycles. The van der Waals surface area contributed by atoms with Gasteiger partial charge in [-0.25, -0.2) is 4.39 Å². The van der Waals surface area contributed by atoms with E-state index in [1.165, 1.54) is 7.11 Å². The number of rotatable bonds is 4. The number of nitrogen functional groups attached to an aromatic ring is 1. The molecule has 1 unspecified atom stereocenters. The number of carbonyl (C=O) groups excluding carboxylic acids is 1. The topological polar surface area (TPSA) is 124 Å². The maximum Gasteiger partial charge on any atom is 0.416 e. The molecule has 1 spiro atoms. The lowest BCUT2D eigenvalue weighted by Gasteiger charge is -2.52. The van der Waals surface area contributed by atoms with Gasteiger partial charge in [0.1, 0.15) is 5.82 Å². The van der Waals surface area contributed by atoms with Gasteiger partial charge in [0.25, 0.3) is 5.91 Å². The zero-order valence-electron chi connectivity index (χ0n) is 25.1. The fraction of sp³-hybridized carbons (Fsp3) is 0.533. The summed E-state index contributed by atoms with van der Waals surface area (Å²) in [6.45, 7) is 3.31. The second-order valence-electron chi connectivity index (χ2n) is 12.3. The number of halogens is 5. The van der Waals surface area contributed by atoms with E-state index in [1.807, 2.05) is 4.90 Å². The van der Waals surface area contributed by atoms with Crippen molar-refractivity contribution >= 4 is 29.0 Å². The van der Waals surface area contributed by atoms with Crippen LogP contribution in [-0.2, 0) is 37.0 Å². The molecule has 0 aliphatic carbocycles. The zero-order valence-corrected chi connectivity index (χ0v) is 25.8. The molecule has 0 radical (unpaired) electrons. The predicted molar refractivity (Wildman–Crippen MR) is 159 cm³/mol. The number of aryl methyl sites for hydroxylation is 1. The van der Waals surface area contributed by atoms with Crippen molar-refractivity contribution in [3.63, 3.8) is 0 Å². The van der Waals surface area contributed by atoms with Crippen molar-refractivity contribution in [2.24, 2.45) is 0 Å². The number of alkyl halides is 3. The number of ether oxygens (including phenoxy) is 2. The van der Waals surface area contributed by atoms with E-state index < -0.39 is 34.9 Å². The number of likely N-dealkylation sites (tertiary alicyclic amines) is 1. The number of fused-ring (bicyclic) bond motifs is 2. The van der Waals surface area contributed by atoms with Crippen molar-refractivity contribution in [2.45, 2.75) is 69.6 Å². The van der Waals surface area contributed by atoms with Crippen LogP contribution in [0, 0.1) is 5.82 Å². The molecule has 7 rings (SSSR count). The Balaban J connectivity index is 1.17. The Labute approximate surface area is 267 Å². The van der Waals surface area contributed by atoms with Crippen LogP contribution in [0.2, 0.25) is 5.02 Å². The van der Waals surface area contributed by atoms with Gasteiger partial charge < -0.3 is 30.3 Å². The molecule has 4 aliphatic rings. The van der Waals surface area contributed by atoms with Crippen molar-refractivity contribution in [3.05, 3.63) is 56.7 Å². The van der Waals surface area contributed by atoms with E-state index in [-0.39, 0.29) is 47.7 Å². The van der Waals surface area contributed by atoms with Gasteiger partial charge in [0.2, 0.25) is 0 Å². The fourth-order valence-corrected chi connectivity index (χ4v) is 7.29. The minimum atomic E-state index is -4.82.